The SMILES string of the molecule is CCCc1cc([C@@H](C)N)n(C2CC2)n1. The van der Waals surface area contributed by atoms with Crippen molar-refractivity contribution in [2.45, 2.75) is 51.6 Å². The van der Waals surface area contributed by atoms with Crippen molar-refractivity contribution in [2.24, 2.45) is 5.73 Å². The molecule has 14 heavy (non-hydrogen) atoms. The summed E-state index contributed by atoms with van der Waals surface area (Å²) in [5.41, 5.74) is 8.33. The summed E-state index contributed by atoms with van der Waals surface area (Å²) in [5.74, 6) is 0. The molecule has 3 heteroatoms. The lowest BCUT2D eigenvalue weighted by atomic mass is 10.2. The van der Waals surface area contributed by atoms with E-state index in [0.717, 1.165) is 12.8 Å². The van der Waals surface area contributed by atoms with Crippen molar-refractivity contribution < 1.29 is 0 Å². The van der Waals surface area contributed by atoms with Gasteiger partial charge in [0.25, 0.3) is 0 Å². The summed E-state index contributed by atoms with van der Waals surface area (Å²) in [5, 5.41) is 4.62. The maximum Gasteiger partial charge on any atom is 0.0628 e. The van der Waals surface area contributed by atoms with Crippen molar-refractivity contribution in [3.63, 3.8) is 0 Å². The normalized spacial score (nSPS) is 18.5. The van der Waals surface area contributed by atoms with Crippen LogP contribution in [0.3, 0.4) is 0 Å². The number of hydrogen-bond donors (Lipinski definition) is 1. The third kappa shape index (κ3) is 1.82. The van der Waals surface area contributed by atoms with Crippen LogP contribution in [-0.4, -0.2) is 9.78 Å². The van der Waals surface area contributed by atoms with Crippen LogP contribution in [0.4, 0.5) is 0 Å². The van der Waals surface area contributed by atoms with E-state index in [9.17, 15) is 0 Å². The van der Waals surface area contributed by atoms with Crippen LogP contribution in [0.5, 0.6) is 0 Å². The van der Waals surface area contributed by atoms with E-state index in [-0.39, 0.29) is 6.04 Å². The fourth-order valence-electron chi connectivity index (χ4n) is 1.79. The molecule has 3 nitrogen and oxygen atoms in total. The molecule has 78 valence electrons. The number of nitrogens with two attached hydrogens (primary N) is 1. The van der Waals surface area contributed by atoms with Crippen molar-refractivity contribution in [3.8, 4) is 0 Å². The molecule has 1 heterocycles. The van der Waals surface area contributed by atoms with E-state index in [0.29, 0.717) is 6.04 Å². The van der Waals surface area contributed by atoms with Crippen LogP contribution >= 0.6 is 0 Å². The first-order valence-electron chi connectivity index (χ1n) is 5.56. The van der Waals surface area contributed by atoms with Gasteiger partial charge in [0.15, 0.2) is 0 Å². The number of hydrogen-bond acceptors (Lipinski definition) is 2. The summed E-state index contributed by atoms with van der Waals surface area (Å²) in [7, 11) is 0. The molecule has 2 N–H and O–H groups in total. The molecule has 0 amide bonds. The molecule has 1 aliphatic carbocycles. The maximum atomic E-state index is 5.93. The summed E-state index contributed by atoms with van der Waals surface area (Å²) in [4.78, 5) is 0. The Hall–Kier alpha value is -0.830. The molecule has 2 rings (SSSR count). The Morgan fingerprint density at radius 1 is 1.64 bits per heavy atom. The van der Waals surface area contributed by atoms with Crippen LogP contribution in [0.25, 0.3) is 0 Å². The topological polar surface area (TPSA) is 43.8 Å². The van der Waals surface area contributed by atoms with Crippen LogP contribution in [0.1, 0.15) is 56.6 Å². The van der Waals surface area contributed by atoms with Crippen molar-refractivity contribution in [1.82, 2.24) is 9.78 Å². The third-order valence-electron chi connectivity index (χ3n) is 2.68. The van der Waals surface area contributed by atoms with Gasteiger partial charge in [-0.3, -0.25) is 4.68 Å². The van der Waals surface area contributed by atoms with Gasteiger partial charge < -0.3 is 5.73 Å². The lowest BCUT2D eigenvalue weighted by Crippen LogP contribution is -2.12. The Bertz CT molecular complexity index is 291. The second kappa shape index (κ2) is 3.73. The summed E-state index contributed by atoms with van der Waals surface area (Å²) in [6.45, 7) is 4.22. The Kier molecular flexibility index (Phi) is 2.59. The molecule has 1 saturated carbocycles. The zero-order valence-corrected chi connectivity index (χ0v) is 9.03. The molecule has 1 aliphatic rings. The van der Waals surface area contributed by atoms with E-state index in [2.05, 4.69) is 22.8 Å². The maximum absolute atomic E-state index is 5.93. The second-order valence-electron chi connectivity index (χ2n) is 4.27. The fourth-order valence-corrected chi connectivity index (χ4v) is 1.79. The minimum atomic E-state index is 0.105. The van der Waals surface area contributed by atoms with E-state index >= 15 is 0 Å². The first-order valence-corrected chi connectivity index (χ1v) is 5.56. The molecule has 1 aromatic heterocycles. The van der Waals surface area contributed by atoms with Gasteiger partial charge in [-0.2, -0.15) is 5.10 Å². The predicted octanol–water partition coefficient (Wildman–Crippen LogP) is 2.19. The summed E-state index contributed by atoms with van der Waals surface area (Å²) in [6, 6.07) is 2.92. The van der Waals surface area contributed by atoms with Gasteiger partial charge in [0, 0.05) is 6.04 Å². The summed E-state index contributed by atoms with van der Waals surface area (Å²) >= 11 is 0. The Morgan fingerprint density at radius 3 is 2.86 bits per heavy atom. The monoisotopic (exact) mass is 193 g/mol. The molecular formula is C11H19N3. The van der Waals surface area contributed by atoms with E-state index < -0.39 is 0 Å². The highest BCUT2D eigenvalue weighted by Crippen LogP contribution is 2.36. The number of aryl methyl sites for hydroxylation is 1. The molecule has 0 unspecified atom stereocenters. The first kappa shape index (κ1) is 9.71. The van der Waals surface area contributed by atoms with Crippen LogP contribution in [0.2, 0.25) is 0 Å². The quantitative estimate of drug-likeness (QED) is 0.796. The number of rotatable bonds is 4. The number of nitrogens with zero attached hydrogens (tertiary/aromatic N) is 2. The van der Waals surface area contributed by atoms with Gasteiger partial charge in [0.1, 0.15) is 0 Å². The molecule has 0 spiro atoms. The Labute approximate surface area is 85.3 Å². The van der Waals surface area contributed by atoms with Gasteiger partial charge in [0.05, 0.1) is 17.4 Å². The molecule has 1 atom stereocenters. The van der Waals surface area contributed by atoms with Crippen LogP contribution in [-0.2, 0) is 6.42 Å². The van der Waals surface area contributed by atoms with Gasteiger partial charge in [-0.1, -0.05) is 13.3 Å². The lowest BCUT2D eigenvalue weighted by Gasteiger charge is -2.07. The Balaban J connectivity index is 2.25. The zero-order chi connectivity index (χ0) is 10.1. The lowest BCUT2D eigenvalue weighted by molar-refractivity contribution is 0.570. The fraction of sp³-hybridized carbons (Fsp3) is 0.727. The molecule has 1 aromatic rings. The third-order valence-corrected chi connectivity index (χ3v) is 2.68. The molecule has 0 radical (unpaired) electrons. The van der Waals surface area contributed by atoms with Gasteiger partial charge in [-0.25, -0.2) is 0 Å². The van der Waals surface area contributed by atoms with E-state index in [1.54, 1.807) is 0 Å². The van der Waals surface area contributed by atoms with E-state index in [1.165, 1.54) is 24.2 Å². The number of aromatic nitrogens is 2. The van der Waals surface area contributed by atoms with Gasteiger partial charge in [-0.05, 0) is 32.3 Å². The van der Waals surface area contributed by atoms with Crippen LogP contribution in [0, 0.1) is 0 Å². The molecular weight excluding hydrogens is 174 g/mol. The van der Waals surface area contributed by atoms with E-state index in [1.807, 2.05) is 6.92 Å². The highest BCUT2D eigenvalue weighted by Gasteiger charge is 2.27. The van der Waals surface area contributed by atoms with Gasteiger partial charge in [0.2, 0.25) is 0 Å². The average molecular weight is 193 g/mol. The van der Waals surface area contributed by atoms with Gasteiger partial charge in [-0.15, -0.1) is 0 Å². The molecule has 0 bridgehead atoms. The summed E-state index contributed by atoms with van der Waals surface area (Å²) in [6.07, 6.45) is 4.76. The van der Waals surface area contributed by atoms with Crippen molar-refractivity contribution in [2.75, 3.05) is 0 Å². The molecule has 1 fully saturated rings. The smallest absolute Gasteiger partial charge is 0.0628 e. The Morgan fingerprint density at radius 2 is 2.36 bits per heavy atom. The molecule has 0 saturated heterocycles. The highest BCUT2D eigenvalue weighted by molar-refractivity contribution is 5.15. The zero-order valence-electron chi connectivity index (χ0n) is 9.03. The molecule has 0 aromatic carbocycles. The predicted molar refractivity (Wildman–Crippen MR) is 57.1 cm³/mol. The van der Waals surface area contributed by atoms with Crippen LogP contribution in [0.15, 0.2) is 6.07 Å². The van der Waals surface area contributed by atoms with E-state index in [4.69, 9.17) is 5.73 Å². The minimum absolute atomic E-state index is 0.105. The van der Waals surface area contributed by atoms with Gasteiger partial charge >= 0.3 is 0 Å². The highest BCUT2D eigenvalue weighted by atomic mass is 15.3. The molecule has 0 aliphatic heterocycles. The first-order chi connectivity index (χ1) is 6.72. The van der Waals surface area contributed by atoms with Crippen molar-refractivity contribution >= 4 is 0 Å². The second-order valence-corrected chi connectivity index (χ2v) is 4.27. The minimum Gasteiger partial charge on any atom is -0.323 e. The van der Waals surface area contributed by atoms with Crippen molar-refractivity contribution in [3.05, 3.63) is 17.5 Å². The standard InChI is InChI=1S/C11H19N3/c1-3-4-9-7-11(8(2)12)14(13-9)10-5-6-10/h7-8,10H,3-6,12H2,1-2H3/t8-/m1/s1. The summed E-state index contributed by atoms with van der Waals surface area (Å²) < 4.78 is 2.15. The van der Waals surface area contributed by atoms with Crippen molar-refractivity contribution in [1.29, 1.82) is 0 Å². The largest absolute Gasteiger partial charge is 0.323 e. The average Bonchev–Trinajstić information content (AvgIpc) is 2.88. The van der Waals surface area contributed by atoms with Crippen LogP contribution < -0.4 is 5.73 Å².